The van der Waals surface area contributed by atoms with E-state index in [9.17, 15) is 4.79 Å². The van der Waals surface area contributed by atoms with Gasteiger partial charge in [0.15, 0.2) is 0 Å². The molecule has 0 fully saturated rings. The van der Waals surface area contributed by atoms with E-state index in [0.717, 1.165) is 46.9 Å². The van der Waals surface area contributed by atoms with Crippen molar-refractivity contribution in [1.29, 1.82) is 0 Å². The Morgan fingerprint density at radius 1 is 1.19 bits per heavy atom. The summed E-state index contributed by atoms with van der Waals surface area (Å²) in [7, 11) is 0. The molecule has 132 valence electrons. The highest BCUT2D eigenvalue weighted by molar-refractivity contribution is 7.98. The van der Waals surface area contributed by atoms with Crippen LogP contribution in [0.4, 0.5) is 5.82 Å². The second-order valence-corrected chi connectivity index (χ2v) is 7.46. The summed E-state index contributed by atoms with van der Waals surface area (Å²) < 4.78 is 1.83. The van der Waals surface area contributed by atoms with Crippen molar-refractivity contribution in [3.8, 4) is 5.69 Å². The highest BCUT2D eigenvalue weighted by atomic mass is 35.5. The smallest absolute Gasteiger partial charge is 0.258 e. The summed E-state index contributed by atoms with van der Waals surface area (Å²) >= 11 is 7.85. The second-order valence-electron chi connectivity index (χ2n) is 6.17. The van der Waals surface area contributed by atoms with Gasteiger partial charge in [-0.1, -0.05) is 29.8 Å². The molecule has 0 spiro atoms. The van der Waals surface area contributed by atoms with Crippen LogP contribution in [0.25, 0.3) is 5.69 Å². The molecular weight excluding hydrogens is 366 g/mol. The molecule has 2 aromatic carbocycles. The van der Waals surface area contributed by atoms with E-state index in [-0.39, 0.29) is 5.91 Å². The molecular formula is C20H18ClN3OS. The van der Waals surface area contributed by atoms with Crippen LogP contribution in [0.5, 0.6) is 0 Å². The molecule has 0 saturated carbocycles. The van der Waals surface area contributed by atoms with Gasteiger partial charge >= 0.3 is 0 Å². The third-order valence-electron chi connectivity index (χ3n) is 4.56. The monoisotopic (exact) mass is 383 g/mol. The molecule has 1 aromatic heterocycles. The molecule has 3 aromatic rings. The minimum Gasteiger partial charge on any atom is -0.306 e. The lowest BCUT2D eigenvalue weighted by molar-refractivity contribution is 0.102. The molecule has 4 rings (SSSR count). The number of hydrogen-bond acceptors (Lipinski definition) is 3. The van der Waals surface area contributed by atoms with Gasteiger partial charge in [0.05, 0.1) is 22.0 Å². The number of carbonyl (C=O) groups is 1. The molecule has 26 heavy (non-hydrogen) atoms. The summed E-state index contributed by atoms with van der Waals surface area (Å²) in [5.41, 5.74) is 3.60. The number of rotatable bonds is 4. The number of aromatic nitrogens is 2. The van der Waals surface area contributed by atoms with Crippen molar-refractivity contribution < 1.29 is 4.79 Å². The Labute approximate surface area is 161 Å². The van der Waals surface area contributed by atoms with Gasteiger partial charge in [-0.3, -0.25) is 4.79 Å². The number of carbonyl (C=O) groups excluding carboxylic acids is 1. The largest absolute Gasteiger partial charge is 0.306 e. The third kappa shape index (κ3) is 3.13. The SMILES string of the molecule is CSc1ccc(Cl)c(C(=O)Nc2c3c(nn2-c2ccccc2)CCC3)c1. The number of benzene rings is 2. The fraction of sp³-hybridized carbons (Fsp3) is 0.200. The first-order valence-corrected chi connectivity index (χ1v) is 10.1. The van der Waals surface area contributed by atoms with Crippen LogP contribution in [-0.2, 0) is 12.8 Å². The predicted molar refractivity (Wildman–Crippen MR) is 107 cm³/mol. The number of para-hydroxylation sites is 1. The maximum Gasteiger partial charge on any atom is 0.258 e. The van der Waals surface area contributed by atoms with Crippen LogP contribution in [0, 0.1) is 0 Å². The zero-order chi connectivity index (χ0) is 18.1. The molecule has 4 nitrogen and oxygen atoms in total. The average molecular weight is 384 g/mol. The number of anilines is 1. The molecule has 0 saturated heterocycles. The summed E-state index contributed by atoms with van der Waals surface area (Å²) in [6, 6.07) is 15.4. The van der Waals surface area contributed by atoms with Gasteiger partial charge in [-0.25, -0.2) is 4.68 Å². The van der Waals surface area contributed by atoms with Gasteiger partial charge in [-0.15, -0.1) is 11.8 Å². The molecule has 6 heteroatoms. The van der Waals surface area contributed by atoms with Crippen LogP contribution in [0.15, 0.2) is 53.4 Å². The summed E-state index contributed by atoms with van der Waals surface area (Å²) in [4.78, 5) is 13.9. The Morgan fingerprint density at radius 3 is 2.77 bits per heavy atom. The van der Waals surface area contributed by atoms with E-state index >= 15 is 0 Å². The van der Waals surface area contributed by atoms with Gasteiger partial charge in [0.2, 0.25) is 0 Å². The lowest BCUT2D eigenvalue weighted by Gasteiger charge is -2.12. The maximum absolute atomic E-state index is 12.9. The fourth-order valence-electron chi connectivity index (χ4n) is 3.26. The molecule has 0 bridgehead atoms. The minimum atomic E-state index is -0.210. The first kappa shape index (κ1) is 17.2. The van der Waals surface area contributed by atoms with Crippen LogP contribution < -0.4 is 5.32 Å². The van der Waals surface area contributed by atoms with Gasteiger partial charge < -0.3 is 5.32 Å². The zero-order valence-electron chi connectivity index (χ0n) is 14.3. The molecule has 0 radical (unpaired) electrons. The van der Waals surface area contributed by atoms with Crippen molar-refractivity contribution in [2.75, 3.05) is 11.6 Å². The third-order valence-corrected chi connectivity index (χ3v) is 5.61. The topological polar surface area (TPSA) is 46.9 Å². The van der Waals surface area contributed by atoms with E-state index < -0.39 is 0 Å². The molecule has 1 aliphatic carbocycles. The molecule has 1 amide bonds. The lowest BCUT2D eigenvalue weighted by Crippen LogP contribution is -2.17. The van der Waals surface area contributed by atoms with Crippen LogP contribution in [-0.4, -0.2) is 21.9 Å². The molecule has 0 unspecified atom stereocenters. The van der Waals surface area contributed by atoms with Crippen LogP contribution in [0.2, 0.25) is 5.02 Å². The van der Waals surface area contributed by atoms with Crippen molar-refractivity contribution in [3.63, 3.8) is 0 Å². The number of halogens is 1. The van der Waals surface area contributed by atoms with Gasteiger partial charge in [-0.05, 0) is 55.9 Å². The van der Waals surface area contributed by atoms with Crippen molar-refractivity contribution in [1.82, 2.24) is 9.78 Å². The number of hydrogen-bond donors (Lipinski definition) is 1. The number of thioether (sulfide) groups is 1. The quantitative estimate of drug-likeness (QED) is 0.645. The van der Waals surface area contributed by atoms with Crippen molar-refractivity contribution in [2.45, 2.75) is 24.2 Å². The Balaban J connectivity index is 1.74. The number of nitrogens with one attached hydrogen (secondary N) is 1. The highest BCUT2D eigenvalue weighted by Crippen LogP contribution is 2.32. The summed E-state index contributed by atoms with van der Waals surface area (Å²) in [5.74, 6) is 0.539. The van der Waals surface area contributed by atoms with Crippen molar-refractivity contribution in [3.05, 3.63) is 70.4 Å². The number of amides is 1. The Morgan fingerprint density at radius 2 is 2.00 bits per heavy atom. The lowest BCUT2D eigenvalue weighted by atomic mass is 10.2. The molecule has 0 atom stereocenters. The molecule has 1 heterocycles. The molecule has 1 aliphatic rings. The molecule has 1 N–H and O–H groups in total. The van der Waals surface area contributed by atoms with Gasteiger partial charge in [0.1, 0.15) is 5.82 Å². The van der Waals surface area contributed by atoms with E-state index in [2.05, 4.69) is 5.32 Å². The van der Waals surface area contributed by atoms with E-state index in [1.807, 2.05) is 53.4 Å². The summed E-state index contributed by atoms with van der Waals surface area (Å²) in [6.45, 7) is 0. The van der Waals surface area contributed by atoms with E-state index in [4.69, 9.17) is 16.7 Å². The predicted octanol–water partition coefficient (Wildman–Crippen LogP) is 4.99. The highest BCUT2D eigenvalue weighted by Gasteiger charge is 2.25. The number of aryl methyl sites for hydroxylation is 1. The van der Waals surface area contributed by atoms with E-state index in [0.29, 0.717) is 10.6 Å². The number of nitrogens with zero attached hydrogens (tertiary/aromatic N) is 2. The van der Waals surface area contributed by atoms with Gasteiger partial charge in [-0.2, -0.15) is 5.10 Å². The molecule has 0 aliphatic heterocycles. The van der Waals surface area contributed by atoms with Crippen molar-refractivity contribution >= 4 is 35.1 Å². The Bertz CT molecular complexity index is 969. The van der Waals surface area contributed by atoms with Gasteiger partial charge in [0.25, 0.3) is 5.91 Å². The van der Waals surface area contributed by atoms with Crippen LogP contribution in [0.1, 0.15) is 28.0 Å². The Hall–Kier alpha value is -2.24. The van der Waals surface area contributed by atoms with Crippen molar-refractivity contribution in [2.24, 2.45) is 0 Å². The number of fused-ring (bicyclic) bond motifs is 1. The van der Waals surface area contributed by atoms with E-state index in [1.54, 1.807) is 17.8 Å². The minimum absolute atomic E-state index is 0.210. The maximum atomic E-state index is 12.9. The normalized spacial score (nSPS) is 12.8. The Kier molecular flexibility index (Phi) is 4.74. The first-order valence-electron chi connectivity index (χ1n) is 8.48. The standard InChI is InChI=1S/C20H18ClN3OS/c1-26-14-10-11-17(21)16(12-14)20(25)22-19-15-8-5-9-18(15)23-24(19)13-6-3-2-4-7-13/h2-4,6-7,10-12H,5,8-9H2,1H3,(H,22,25). The van der Waals surface area contributed by atoms with Crippen LogP contribution in [0.3, 0.4) is 0 Å². The first-order chi connectivity index (χ1) is 12.7. The average Bonchev–Trinajstić information content (AvgIpc) is 3.25. The fourth-order valence-corrected chi connectivity index (χ4v) is 3.90. The van der Waals surface area contributed by atoms with E-state index in [1.165, 1.54) is 0 Å². The zero-order valence-corrected chi connectivity index (χ0v) is 15.9. The van der Waals surface area contributed by atoms with Gasteiger partial charge in [0, 0.05) is 10.5 Å². The second kappa shape index (κ2) is 7.17. The van der Waals surface area contributed by atoms with Crippen LogP contribution >= 0.6 is 23.4 Å². The summed E-state index contributed by atoms with van der Waals surface area (Å²) in [5, 5.41) is 8.24. The summed E-state index contributed by atoms with van der Waals surface area (Å²) in [6.07, 6.45) is 4.91.